The van der Waals surface area contributed by atoms with Crippen molar-refractivity contribution in [2.45, 2.75) is 0 Å². The van der Waals surface area contributed by atoms with Crippen LogP contribution in [0.2, 0.25) is 0 Å². The summed E-state index contributed by atoms with van der Waals surface area (Å²) in [5, 5.41) is 1.68. The van der Waals surface area contributed by atoms with Crippen LogP contribution in [-0.2, 0) is 0 Å². The average Bonchev–Trinajstić information content (AvgIpc) is 3.07. The van der Waals surface area contributed by atoms with E-state index in [-0.39, 0.29) is 12.6 Å². The minimum atomic E-state index is -0.206. The van der Waals surface area contributed by atoms with Gasteiger partial charge >= 0.3 is 0 Å². The normalized spacial score (nSPS) is 12.3. The molecule has 0 atom stereocenters. The quantitative estimate of drug-likeness (QED) is 0.548. The fourth-order valence-electron chi connectivity index (χ4n) is 2.82. The van der Waals surface area contributed by atoms with Crippen LogP contribution in [0.15, 0.2) is 54.6 Å². The highest BCUT2D eigenvalue weighted by atomic mass is 16.7. The average molecular weight is 304 g/mol. The molecule has 4 heteroatoms. The van der Waals surface area contributed by atoms with Gasteiger partial charge in [0, 0.05) is 16.7 Å². The molecule has 0 saturated carbocycles. The molecule has 0 saturated heterocycles. The van der Waals surface area contributed by atoms with Gasteiger partial charge < -0.3 is 9.47 Å². The molecule has 0 fully saturated rings. The Morgan fingerprint density at radius 3 is 2.65 bits per heavy atom. The first kappa shape index (κ1) is 13.5. The minimum absolute atomic E-state index is 0.154. The van der Waals surface area contributed by atoms with Crippen molar-refractivity contribution in [2.24, 2.45) is 0 Å². The molecule has 0 aromatic heterocycles. The molecule has 1 heterocycles. The Bertz CT molecular complexity index is 943. The van der Waals surface area contributed by atoms with Crippen molar-refractivity contribution in [1.82, 2.24) is 0 Å². The van der Waals surface area contributed by atoms with Crippen molar-refractivity contribution < 1.29 is 19.1 Å². The van der Waals surface area contributed by atoms with Crippen molar-refractivity contribution in [2.75, 3.05) is 6.79 Å². The molecule has 1 aliphatic rings. The van der Waals surface area contributed by atoms with Crippen LogP contribution in [0.5, 0.6) is 11.5 Å². The molecule has 0 N–H and O–H groups in total. The van der Waals surface area contributed by atoms with Gasteiger partial charge in [0.15, 0.2) is 23.6 Å². The smallest absolute Gasteiger partial charge is 0.231 e. The molecule has 0 spiro atoms. The molecule has 23 heavy (non-hydrogen) atoms. The largest absolute Gasteiger partial charge is 0.454 e. The Kier molecular flexibility index (Phi) is 3.08. The van der Waals surface area contributed by atoms with Gasteiger partial charge in [0.1, 0.15) is 0 Å². The number of ketones is 1. The summed E-state index contributed by atoms with van der Waals surface area (Å²) in [4.78, 5) is 24.4. The first-order valence-corrected chi connectivity index (χ1v) is 7.19. The molecule has 4 nitrogen and oxygen atoms in total. The van der Waals surface area contributed by atoms with Gasteiger partial charge in [-0.2, -0.15) is 0 Å². The third-order valence-electron chi connectivity index (χ3n) is 3.95. The fourth-order valence-corrected chi connectivity index (χ4v) is 2.82. The lowest BCUT2D eigenvalue weighted by Gasteiger charge is -2.09. The zero-order chi connectivity index (χ0) is 15.8. The van der Waals surface area contributed by atoms with E-state index in [0.29, 0.717) is 34.5 Å². The fraction of sp³-hybridized carbons (Fsp3) is 0.0526. The number of ether oxygens (including phenoxy) is 2. The molecule has 3 aromatic carbocycles. The van der Waals surface area contributed by atoms with E-state index >= 15 is 0 Å². The standard InChI is InChI=1S/C19H12O4/c20-10-14-6-5-12-3-1-2-4-15(12)18(14)19(21)13-7-8-16-17(9-13)23-11-22-16/h1-10H,11H2. The summed E-state index contributed by atoms with van der Waals surface area (Å²) in [5.74, 6) is 0.959. The maximum absolute atomic E-state index is 13.0. The Morgan fingerprint density at radius 2 is 1.78 bits per heavy atom. The van der Waals surface area contributed by atoms with E-state index in [1.54, 1.807) is 24.3 Å². The second-order valence-corrected chi connectivity index (χ2v) is 5.27. The van der Waals surface area contributed by atoms with E-state index in [4.69, 9.17) is 9.47 Å². The first-order chi connectivity index (χ1) is 11.3. The Hall–Kier alpha value is -3.14. The molecule has 0 bridgehead atoms. The maximum Gasteiger partial charge on any atom is 0.231 e. The van der Waals surface area contributed by atoms with Crippen LogP contribution in [0, 0.1) is 0 Å². The lowest BCUT2D eigenvalue weighted by Crippen LogP contribution is -2.06. The second-order valence-electron chi connectivity index (χ2n) is 5.27. The Balaban J connectivity index is 1.91. The molecule has 0 amide bonds. The number of aldehydes is 1. The molecule has 3 aromatic rings. The monoisotopic (exact) mass is 304 g/mol. The minimum Gasteiger partial charge on any atom is -0.454 e. The lowest BCUT2D eigenvalue weighted by molar-refractivity contribution is 0.103. The van der Waals surface area contributed by atoms with Gasteiger partial charge in [0.05, 0.1) is 0 Å². The van der Waals surface area contributed by atoms with Gasteiger partial charge in [0.2, 0.25) is 6.79 Å². The zero-order valence-corrected chi connectivity index (χ0v) is 12.1. The number of rotatable bonds is 3. The number of benzene rings is 3. The van der Waals surface area contributed by atoms with Gasteiger partial charge in [-0.25, -0.2) is 0 Å². The third kappa shape index (κ3) is 2.16. The maximum atomic E-state index is 13.0. The van der Waals surface area contributed by atoms with Crippen LogP contribution < -0.4 is 9.47 Å². The summed E-state index contributed by atoms with van der Waals surface area (Å²) in [5.41, 5.74) is 1.26. The van der Waals surface area contributed by atoms with Crippen molar-refractivity contribution in [3.8, 4) is 11.5 Å². The number of hydrogen-bond acceptors (Lipinski definition) is 4. The van der Waals surface area contributed by atoms with Crippen LogP contribution in [0.1, 0.15) is 26.3 Å². The molecule has 0 radical (unpaired) electrons. The van der Waals surface area contributed by atoms with Crippen molar-refractivity contribution in [3.63, 3.8) is 0 Å². The predicted molar refractivity (Wildman–Crippen MR) is 85.3 cm³/mol. The SMILES string of the molecule is O=Cc1ccc2ccccc2c1C(=O)c1ccc2c(c1)OCO2. The van der Waals surface area contributed by atoms with Crippen molar-refractivity contribution >= 4 is 22.8 Å². The zero-order valence-electron chi connectivity index (χ0n) is 12.1. The summed E-state index contributed by atoms with van der Waals surface area (Å²) in [7, 11) is 0. The van der Waals surface area contributed by atoms with E-state index < -0.39 is 0 Å². The molecule has 4 rings (SSSR count). The van der Waals surface area contributed by atoms with Crippen LogP contribution in [0.3, 0.4) is 0 Å². The van der Waals surface area contributed by atoms with Crippen LogP contribution in [-0.4, -0.2) is 18.9 Å². The van der Waals surface area contributed by atoms with Crippen LogP contribution in [0.25, 0.3) is 10.8 Å². The summed E-state index contributed by atoms with van der Waals surface area (Å²) >= 11 is 0. The van der Waals surface area contributed by atoms with E-state index in [9.17, 15) is 9.59 Å². The molecule has 112 valence electrons. The number of fused-ring (bicyclic) bond motifs is 2. The highest BCUT2D eigenvalue weighted by Gasteiger charge is 2.20. The van der Waals surface area contributed by atoms with E-state index in [2.05, 4.69) is 0 Å². The first-order valence-electron chi connectivity index (χ1n) is 7.19. The van der Waals surface area contributed by atoms with Gasteiger partial charge in [-0.1, -0.05) is 36.4 Å². The topological polar surface area (TPSA) is 52.6 Å². The summed E-state index contributed by atoms with van der Waals surface area (Å²) in [6.07, 6.45) is 0.715. The van der Waals surface area contributed by atoms with Crippen LogP contribution >= 0.6 is 0 Å². The molecule has 0 aliphatic carbocycles. The van der Waals surface area contributed by atoms with Gasteiger partial charge in [-0.05, 0) is 29.0 Å². The van der Waals surface area contributed by atoms with Crippen molar-refractivity contribution in [3.05, 3.63) is 71.3 Å². The molecular formula is C19H12O4. The summed E-state index contributed by atoms with van der Waals surface area (Å²) < 4.78 is 10.6. The number of hydrogen-bond donors (Lipinski definition) is 0. The highest BCUT2D eigenvalue weighted by molar-refractivity contribution is 6.20. The second kappa shape index (κ2) is 5.25. The highest BCUT2D eigenvalue weighted by Crippen LogP contribution is 2.34. The van der Waals surface area contributed by atoms with Crippen LogP contribution in [0.4, 0.5) is 0 Å². The van der Waals surface area contributed by atoms with Gasteiger partial charge in [0.25, 0.3) is 0 Å². The summed E-state index contributed by atoms with van der Waals surface area (Å²) in [6, 6.07) is 16.1. The molecule has 1 aliphatic heterocycles. The van der Waals surface area contributed by atoms with E-state index in [1.165, 1.54) is 0 Å². The third-order valence-corrected chi connectivity index (χ3v) is 3.95. The van der Waals surface area contributed by atoms with Crippen molar-refractivity contribution in [1.29, 1.82) is 0 Å². The molecular weight excluding hydrogens is 292 g/mol. The molecule has 0 unspecified atom stereocenters. The lowest BCUT2D eigenvalue weighted by atomic mass is 9.93. The van der Waals surface area contributed by atoms with E-state index in [0.717, 1.165) is 10.8 Å². The Labute approximate surface area is 132 Å². The Morgan fingerprint density at radius 1 is 0.957 bits per heavy atom. The van der Waals surface area contributed by atoms with Gasteiger partial charge in [-0.3, -0.25) is 9.59 Å². The summed E-state index contributed by atoms with van der Waals surface area (Å²) in [6.45, 7) is 0.154. The van der Waals surface area contributed by atoms with E-state index in [1.807, 2.05) is 30.3 Å². The van der Waals surface area contributed by atoms with Gasteiger partial charge in [-0.15, -0.1) is 0 Å². The predicted octanol–water partition coefficient (Wildman–Crippen LogP) is 3.61. The number of carbonyl (C=O) groups excluding carboxylic acids is 2. The number of carbonyl (C=O) groups is 2.